The number of imidazole rings is 1. The van der Waals surface area contributed by atoms with Gasteiger partial charge in [0.15, 0.2) is 0 Å². The number of piperidine rings is 1. The van der Waals surface area contributed by atoms with E-state index < -0.39 is 0 Å². The van der Waals surface area contributed by atoms with Crippen LogP contribution in [0.15, 0.2) is 18.7 Å². The SMILES string of the molecule is CC(Cn1ccnc1)NC(=O)N1CCCCC1C. The van der Waals surface area contributed by atoms with Crippen LogP contribution in [0, 0.1) is 0 Å². The molecule has 0 spiro atoms. The molecule has 1 N–H and O–H groups in total. The number of carbonyl (C=O) groups is 1. The third-order valence-corrected chi connectivity index (χ3v) is 3.48. The number of hydrogen-bond donors (Lipinski definition) is 1. The average Bonchev–Trinajstić information content (AvgIpc) is 2.82. The van der Waals surface area contributed by atoms with Crippen LogP contribution >= 0.6 is 0 Å². The first-order chi connectivity index (χ1) is 8.66. The fraction of sp³-hybridized carbons (Fsp3) is 0.692. The number of rotatable bonds is 3. The third-order valence-electron chi connectivity index (χ3n) is 3.48. The van der Waals surface area contributed by atoms with Gasteiger partial charge in [0.05, 0.1) is 6.33 Å². The smallest absolute Gasteiger partial charge is 0.317 e. The average molecular weight is 250 g/mol. The Balaban J connectivity index is 1.82. The van der Waals surface area contributed by atoms with Crippen molar-refractivity contribution in [3.8, 4) is 0 Å². The Kier molecular flexibility index (Phi) is 4.23. The molecule has 0 saturated carbocycles. The summed E-state index contributed by atoms with van der Waals surface area (Å²) < 4.78 is 1.98. The first-order valence-corrected chi connectivity index (χ1v) is 6.69. The molecule has 2 heterocycles. The molecule has 2 amide bonds. The zero-order chi connectivity index (χ0) is 13.0. The molecule has 1 aromatic rings. The molecular formula is C13H22N4O. The Morgan fingerprint density at radius 3 is 3.06 bits per heavy atom. The van der Waals surface area contributed by atoms with Crippen molar-refractivity contribution in [2.45, 2.75) is 51.7 Å². The molecule has 100 valence electrons. The Bertz CT molecular complexity index is 376. The Morgan fingerprint density at radius 1 is 1.56 bits per heavy atom. The summed E-state index contributed by atoms with van der Waals surface area (Å²) in [6, 6.07) is 0.537. The van der Waals surface area contributed by atoms with Crippen molar-refractivity contribution in [2.75, 3.05) is 6.54 Å². The van der Waals surface area contributed by atoms with E-state index >= 15 is 0 Å². The van der Waals surface area contributed by atoms with Gasteiger partial charge in [0.25, 0.3) is 0 Å². The highest BCUT2D eigenvalue weighted by atomic mass is 16.2. The van der Waals surface area contributed by atoms with Gasteiger partial charge in [0, 0.05) is 37.6 Å². The highest BCUT2D eigenvalue weighted by Gasteiger charge is 2.23. The number of hydrogen-bond acceptors (Lipinski definition) is 2. The van der Waals surface area contributed by atoms with E-state index in [9.17, 15) is 4.79 Å². The number of urea groups is 1. The number of aromatic nitrogens is 2. The molecule has 18 heavy (non-hydrogen) atoms. The van der Waals surface area contributed by atoms with E-state index in [0.717, 1.165) is 25.9 Å². The van der Waals surface area contributed by atoms with Crippen LogP contribution < -0.4 is 5.32 Å². The molecule has 0 radical (unpaired) electrons. The van der Waals surface area contributed by atoms with Gasteiger partial charge in [-0.25, -0.2) is 9.78 Å². The number of amides is 2. The van der Waals surface area contributed by atoms with Crippen LogP contribution in [-0.2, 0) is 6.54 Å². The summed E-state index contributed by atoms with van der Waals surface area (Å²) in [5.41, 5.74) is 0. The van der Waals surface area contributed by atoms with Crippen molar-refractivity contribution in [2.24, 2.45) is 0 Å². The predicted molar refractivity (Wildman–Crippen MR) is 70.2 cm³/mol. The minimum atomic E-state index is 0.0646. The summed E-state index contributed by atoms with van der Waals surface area (Å²) in [5.74, 6) is 0. The molecule has 2 atom stereocenters. The maximum absolute atomic E-state index is 12.1. The van der Waals surface area contributed by atoms with Crippen LogP contribution in [-0.4, -0.2) is 39.1 Å². The van der Waals surface area contributed by atoms with Crippen LogP contribution in [0.1, 0.15) is 33.1 Å². The van der Waals surface area contributed by atoms with Crippen molar-refractivity contribution in [1.82, 2.24) is 19.8 Å². The fourth-order valence-corrected chi connectivity index (χ4v) is 2.45. The molecular weight excluding hydrogens is 228 g/mol. The van der Waals surface area contributed by atoms with Gasteiger partial charge in [-0.15, -0.1) is 0 Å². The van der Waals surface area contributed by atoms with Gasteiger partial charge >= 0.3 is 6.03 Å². The number of nitrogens with zero attached hydrogens (tertiary/aromatic N) is 3. The number of nitrogens with one attached hydrogen (secondary N) is 1. The molecule has 2 unspecified atom stereocenters. The van der Waals surface area contributed by atoms with Gasteiger partial charge in [0.1, 0.15) is 0 Å². The van der Waals surface area contributed by atoms with Crippen molar-refractivity contribution >= 4 is 6.03 Å². The van der Waals surface area contributed by atoms with E-state index in [2.05, 4.69) is 17.2 Å². The summed E-state index contributed by atoms with van der Waals surface area (Å²) >= 11 is 0. The third kappa shape index (κ3) is 3.24. The van der Waals surface area contributed by atoms with Crippen LogP contribution in [0.25, 0.3) is 0 Å². The summed E-state index contributed by atoms with van der Waals surface area (Å²) in [6.45, 7) is 5.78. The second kappa shape index (κ2) is 5.89. The normalized spacial score (nSPS) is 21.7. The van der Waals surface area contributed by atoms with Crippen molar-refractivity contribution in [1.29, 1.82) is 0 Å². The van der Waals surface area contributed by atoms with Gasteiger partial charge in [-0.2, -0.15) is 0 Å². The summed E-state index contributed by atoms with van der Waals surface area (Å²) in [6.07, 6.45) is 8.89. The summed E-state index contributed by atoms with van der Waals surface area (Å²) in [4.78, 5) is 18.1. The van der Waals surface area contributed by atoms with E-state index in [1.54, 1.807) is 12.5 Å². The minimum absolute atomic E-state index is 0.0646. The highest BCUT2D eigenvalue weighted by Crippen LogP contribution is 2.16. The quantitative estimate of drug-likeness (QED) is 0.890. The first-order valence-electron chi connectivity index (χ1n) is 6.69. The Labute approximate surface area is 108 Å². The molecule has 1 aliphatic rings. The number of carbonyl (C=O) groups excluding carboxylic acids is 1. The van der Waals surface area contributed by atoms with Gasteiger partial charge in [-0.3, -0.25) is 0 Å². The van der Waals surface area contributed by atoms with Gasteiger partial charge in [0.2, 0.25) is 0 Å². The Hall–Kier alpha value is -1.52. The molecule has 5 heteroatoms. The second-order valence-electron chi connectivity index (χ2n) is 5.15. The Morgan fingerprint density at radius 2 is 2.39 bits per heavy atom. The second-order valence-corrected chi connectivity index (χ2v) is 5.15. The van der Waals surface area contributed by atoms with E-state index in [-0.39, 0.29) is 12.1 Å². The molecule has 0 aliphatic carbocycles. The zero-order valence-electron chi connectivity index (χ0n) is 11.2. The van der Waals surface area contributed by atoms with E-state index in [0.29, 0.717) is 6.04 Å². The molecule has 2 rings (SSSR count). The maximum atomic E-state index is 12.1. The summed E-state index contributed by atoms with van der Waals surface area (Å²) in [7, 11) is 0. The molecule has 5 nitrogen and oxygen atoms in total. The van der Waals surface area contributed by atoms with Gasteiger partial charge < -0.3 is 14.8 Å². The molecule has 0 bridgehead atoms. The van der Waals surface area contributed by atoms with Gasteiger partial charge in [-0.1, -0.05) is 0 Å². The molecule has 1 fully saturated rings. The van der Waals surface area contributed by atoms with Crippen LogP contribution in [0.4, 0.5) is 4.79 Å². The van der Waals surface area contributed by atoms with Crippen LogP contribution in [0.3, 0.4) is 0 Å². The first kappa shape index (κ1) is 12.9. The lowest BCUT2D eigenvalue weighted by Gasteiger charge is -2.34. The number of likely N-dealkylation sites (tertiary alicyclic amines) is 1. The van der Waals surface area contributed by atoms with E-state index in [1.807, 2.05) is 22.6 Å². The topological polar surface area (TPSA) is 50.2 Å². The lowest BCUT2D eigenvalue weighted by molar-refractivity contribution is 0.154. The fourth-order valence-electron chi connectivity index (χ4n) is 2.45. The summed E-state index contributed by atoms with van der Waals surface area (Å²) in [5, 5.41) is 3.06. The van der Waals surface area contributed by atoms with Crippen LogP contribution in [0.2, 0.25) is 0 Å². The zero-order valence-corrected chi connectivity index (χ0v) is 11.2. The standard InChI is InChI=1S/C13H22N4O/c1-11(9-16-8-6-14-10-16)15-13(18)17-7-4-3-5-12(17)2/h6,8,10-12H,3-5,7,9H2,1-2H3,(H,15,18). The molecule has 1 saturated heterocycles. The lowest BCUT2D eigenvalue weighted by Crippen LogP contribution is -2.50. The largest absolute Gasteiger partial charge is 0.335 e. The van der Waals surface area contributed by atoms with Crippen molar-refractivity contribution in [3.63, 3.8) is 0 Å². The monoisotopic (exact) mass is 250 g/mol. The molecule has 1 aliphatic heterocycles. The van der Waals surface area contributed by atoms with Crippen molar-refractivity contribution < 1.29 is 4.79 Å². The lowest BCUT2D eigenvalue weighted by atomic mass is 10.0. The molecule has 1 aromatic heterocycles. The van der Waals surface area contributed by atoms with E-state index in [1.165, 1.54) is 6.42 Å². The van der Waals surface area contributed by atoms with Crippen LogP contribution in [0.5, 0.6) is 0 Å². The van der Waals surface area contributed by atoms with Crippen molar-refractivity contribution in [3.05, 3.63) is 18.7 Å². The maximum Gasteiger partial charge on any atom is 0.317 e. The minimum Gasteiger partial charge on any atom is -0.335 e. The highest BCUT2D eigenvalue weighted by molar-refractivity contribution is 5.74. The molecule has 0 aromatic carbocycles. The van der Waals surface area contributed by atoms with E-state index in [4.69, 9.17) is 0 Å². The van der Waals surface area contributed by atoms with Gasteiger partial charge in [-0.05, 0) is 33.1 Å². The predicted octanol–water partition coefficient (Wildman–Crippen LogP) is 1.86.